The Balaban J connectivity index is 0.000000375. The number of aromatic amines is 1. The van der Waals surface area contributed by atoms with Crippen LogP contribution >= 0.6 is 12.6 Å². The summed E-state index contributed by atoms with van der Waals surface area (Å²) in [5.74, 6) is -0.362. The first kappa shape index (κ1) is 26.4. The Morgan fingerprint density at radius 1 is 0.917 bits per heavy atom. The lowest BCUT2D eigenvalue weighted by molar-refractivity contribution is 0.247. The van der Waals surface area contributed by atoms with Crippen LogP contribution in [0, 0.1) is 5.95 Å². The van der Waals surface area contributed by atoms with Crippen LogP contribution < -0.4 is 5.32 Å². The standard InChI is InChI=1S/C24H31FN4.C6H6S/c25-24-19(8-7-14-27-24)17-29(15-6-5-13-26-21-9-1-2-10-21)18-20-16-28-23-12-4-3-11-22(20)23;7-6-4-2-1-3-5-6/h3-4,7-8,11-12,14,16,21,26,28H,1-2,5-6,9-10,13,15,17-18H2;1-5,7H. The van der Waals surface area contributed by atoms with Crippen molar-refractivity contribution >= 4 is 23.5 Å². The molecule has 0 atom stereocenters. The summed E-state index contributed by atoms with van der Waals surface area (Å²) in [6.07, 6.45) is 11.2. The molecule has 4 aromatic rings. The van der Waals surface area contributed by atoms with Crippen LogP contribution in [-0.4, -0.2) is 34.0 Å². The smallest absolute Gasteiger partial charge is 0.217 e. The highest BCUT2D eigenvalue weighted by Crippen LogP contribution is 2.21. The molecule has 0 radical (unpaired) electrons. The first-order valence-electron chi connectivity index (χ1n) is 13.0. The molecule has 0 amide bonds. The normalized spacial score (nSPS) is 13.8. The predicted molar refractivity (Wildman–Crippen MR) is 150 cm³/mol. The van der Waals surface area contributed by atoms with Crippen molar-refractivity contribution in [2.75, 3.05) is 13.1 Å². The summed E-state index contributed by atoms with van der Waals surface area (Å²) in [5, 5.41) is 4.93. The lowest BCUT2D eigenvalue weighted by atomic mass is 10.1. The molecule has 0 aliphatic heterocycles. The zero-order valence-corrected chi connectivity index (χ0v) is 21.8. The van der Waals surface area contributed by atoms with Crippen LogP contribution in [0.1, 0.15) is 49.7 Å². The molecule has 0 unspecified atom stereocenters. The SMILES string of the molecule is Fc1ncccc1CN(CCCCNC1CCCC1)Cc1c[nH]c2ccccc12.Sc1ccccc1. The molecule has 0 bridgehead atoms. The van der Waals surface area contributed by atoms with Crippen molar-refractivity contribution in [2.24, 2.45) is 0 Å². The lowest BCUT2D eigenvalue weighted by Gasteiger charge is -2.22. The van der Waals surface area contributed by atoms with Gasteiger partial charge >= 0.3 is 0 Å². The monoisotopic (exact) mass is 504 g/mol. The molecule has 4 nitrogen and oxygen atoms in total. The van der Waals surface area contributed by atoms with Crippen LogP contribution in [0.15, 0.2) is 84.0 Å². The topological polar surface area (TPSA) is 44.0 Å². The van der Waals surface area contributed by atoms with Gasteiger partial charge in [0.25, 0.3) is 0 Å². The maximum Gasteiger partial charge on any atom is 0.217 e. The number of benzene rings is 2. The van der Waals surface area contributed by atoms with E-state index < -0.39 is 0 Å². The van der Waals surface area contributed by atoms with E-state index >= 15 is 0 Å². The fraction of sp³-hybridized carbons (Fsp3) is 0.367. The van der Waals surface area contributed by atoms with Gasteiger partial charge in [0.05, 0.1) is 0 Å². The van der Waals surface area contributed by atoms with Crippen molar-refractivity contribution < 1.29 is 4.39 Å². The minimum Gasteiger partial charge on any atom is -0.361 e. The highest BCUT2D eigenvalue weighted by molar-refractivity contribution is 7.80. The highest BCUT2D eigenvalue weighted by atomic mass is 32.1. The third-order valence-corrected chi connectivity index (χ3v) is 7.04. The van der Waals surface area contributed by atoms with Crippen LogP contribution in [0.4, 0.5) is 4.39 Å². The van der Waals surface area contributed by atoms with E-state index in [1.54, 1.807) is 0 Å². The van der Waals surface area contributed by atoms with Crippen LogP contribution in [-0.2, 0) is 13.1 Å². The van der Waals surface area contributed by atoms with E-state index in [4.69, 9.17) is 0 Å². The highest BCUT2D eigenvalue weighted by Gasteiger charge is 2.15. The second-order valence-electron chi connectivity index (χ2n) is 9.50. The van der Waals surface area contributed by atoms with E-state index in [2.05, 4.69) is 57.2 Å². The minimum absolute atomic E-state index is 0.362. The van der Waals surface area contributed by atoms with Gasteiger partial charge in [0, 0.05) is 52.9 Å². The van der Waals surface area contributed by atoms with Gasteiger partial charge in [-0.15, -0.1) is 12.6 Å². The average molecular weight is 505 g/mol. The van der Waals surface area contributed by atoms with E-state index in [1.807, 2.05) is 48.5 Å². The van der Waals surface area contributed by atoms with Crippen molar-refractivity contribution in [1.82, 2.24) is 20.2 Å². The number of thiol groups is 1. The summed E-state index contributed by atoms with van der Waals surface area (Å²) in [6, 6.07) is 22.5. The number of nitrogens with one attached hydrogen (secondary N) is 2. The van der Waals surface area contributed by atoms with Crippen molar-refractivity contribution in [3.63, 3.8) is 0 Å². The average Bonchev–Trinajstić information content (AvgIpc) is 3.56. The fourth-order valence-corrected chi connectivity index (χ4v) is 4.99. The number of nitrogens with zero attached hydrogens (tertiary/aromatic N) is 2. The molecule has 0 saturated heterocycles. The molecule has 2 aromatic carbocycles. The van der Waals surface area contributed by atoms with Crippen molar-refractivity contribution in [1.29, 1.82) is 0 Å². The molecule has 1 aliphatic carbocycles. The number of hydrogen-bond acceptors (Lipinski definition) is 4. The number of hydrogen-bond donors (Lipinski definition) is 3. The summed E-state index contributed by atoms with van der Waals surface area (Å²) in [7, 11) is 0. The molecule has 1 aliphatic rings. The van der Waals surface area contributed by atoms with Gasteiger partial charge in [-0.25, -0.2) is 4.98 Å². The molecule has 36 heavy (non-hydrogen) atoms. The number of fused-ring (bicyclic) bond motifs is 1. The third kappa shape index (κ3) is 8.19. The molecule has 190 valence electrons. The van der Waals surface area contributed by atoms with Gasteiger partial charge in [0.15, 0.2) is 0 Å². The molecule has 1 fully saturated rings. The molecule has 1 saturated carbocycles. The molecule has 6 heteroatoms. The van der Waals surface area contributed by atoms with Crippen molar-refractivity contribution in [3.05, 3.63) is 96.2 Å². The first-order valence-corrected chi connectivity index (χ1v) is 13.5. The zero-order chi connectivity index (χ0) is 25.0. The lowest BCUT2D eigenvalue weighted by Crippen LogP contribution is -2.28. The Bertz CT molecular complexity index is 1170. The Morgan fingerprint density at radius 3 is 2.42 bits per heavy atom. The molecule has 2 heterocycles. The van der Waals surface area contributed by atoms with E-state index in [0.717, 1.165) is 48.9 Å². The van der Waals surface area contributed by atoms with Crippen LogP contribution in [0.25, 0.3) is 10.9 Å². The number of pyridine rings is 1. The number of halogens is 1. The van der Waals surface area contributed by atoms with Gasteiger partial charge in [0.1, 0.15) is 0 Å². The summed E-state index contributed by atoms with van der Waals surface area (Å²) < 4.78 is 14.1. The van der Waals surface area contributed by atoms with Gasteiger partial charge < -0.3 is 10.3 Å². The van der Waals surface area contributed by atoms with E-state index in [1.165, 1.54) is 42.8 Å². The van der Waals surface area contributed by atoms with Gasteiger partial charge in [-0.05, 0) is 68.6 Å². The maximum absolute atomic E-state index is 14.1. The van der Waals surface area contributed by atoms with Gasteiger partial charge in [-0.3, -0.25) is 4.90 Å². The zero-order valence-electron chi connectivity index (χ0n) is 20.9. The van der Waals surface area contributed by atoms with Crippen LogP contribution in [0.2, 0.25) is 0 Å². The molecular weight excluding hydrogens is 467 g/mol. The second kappa shape index (κ2) is 14.2. The molecule has 5 rings (SSSR count). The van der Waals surface area contributed by atoms with E-state index in [0.29, 0.717) is 12.1 Å². The Morgan fingerprint density at radius 2 is 1.67 bits per heavy atom. The quantitative estimate of drug-likeness (QED) is 0.124. The molecule has 2 N–H and O–H groups in total. The largest absolute Gasteiger partial charge is 0.361 e. The van der Waals surface area contributed by atoms with Crippen molar-refractivity contribution in [3.8, 4) is 0 Å². The summed E-state index contributed by atoms with van der Waals surface area (Å²) in [5.41, 5.74) is 3.07. The second-order valence-corrected chi connectivity index (χ2v) is 10.0. The Hall–Kier alpha value is -2.67. The summed E-state index contributed by atoms with van der Waals surface area (Å²) in [4.78, 5) is 10.5. The third-order valence-electron chi connectivity index (χ3n) is 6.74. The minimum atomic E-state index is -0.362. The number of H-pyrrole nitrogens is 1. The number of rotatable bonds is 10. The number of aromatic nitrogens is 2. The predicted octanol–water partition coefficient (Wildman–Crippen LogP) is 6.99. The first-order chi connectivity index (χ1) is 17.7. The Kier molecular flexibility index (Phi) is 10.4. The van der Waals surface area contributed by atoms with Crippen LogP contribution in [0.5, 0.6) is 0 Å². The molecular formula is C30H37FN4S. The van der Waals surface area contributed by atoms with Gasteiger partial charge in [-0.2, -0.15) is 4.39 Å². The summed E-state index contributed by atoms with van der Waals surface area (Å²) in [6.45, 7) is 3.40. The Labute approximate surface area is 219 Å². The van der Waals surface area contributed by atoms with Gasteiger partial charge in [-0.1, -0.05) is 55.3 Å². The van der Waals surface area contributed by atoms with Gasteiger partial charge in [0.2, 0.25) is 5.95 Å². The number of unbranched alkanes of at least 4 members (excludes halogenated alkanes) is 1. The fourth-order valence-electron chi connectivity index (χ4n) is 4.82. The van der Waals surface area contributed by atoms with Crippen LogP contribution in [0.3, 0.4) is 0 Å². The van der Waals surface area contributed by atoms with Crippen molar-refractivity contribution in [2.45, 2.75) is 62.6 Å². The van der Waals surface area contributed by atoms with E-state index in [-0.39, 0.29) is 5.95 Å². The molecule has 0 spiro atoms. The van der Waals surface area contributed by atoms with E-state index in [9.17, 15) is 4.39 Å². The molecule has 2 aromatic heterocycles. The summed E-state index contributed by atoms with van der Waals surface area (Å²) >= 11 is 4.08. The maximum atomic E-state index is 14.1. The number of para-hydroxylation sites is 1.